The Morgan fingerprint density at radius 3 is 2.60 bits per heavy atom. The van der Waals surface area contributed by atoms with Crippen LogP contribution in [0.1, 0.15) is 20.3 Å². The molecule has 1 fully saturated rings. The summed E-state index contributed by atoms with van der Waals surface area (Å²) >= 11 is 0. The highest BCUT2D eigenvalue weighted by atomic mass is 19.3. The molecule has 1 rings (SSSR count). The number of rotatable bonds is 5. The summed E-state index contributed by atoms with van der Waals surface area (Å²) in [6, 6.07) is 0.113. The van der Waals surface area contributed by atoms with Crippen molar-refractivity contribution in [1.82, 2.24) is 10.2 Å². The van der Waals surface area contributed by atoms with Gasteiger partial charge in [0, 0.05) is 31.6 Å². The second-order valence-electron chi connectivity index (χ2n) is 4.45. The summed E-state index contributed by atoms with van der Waals surface area (Å²) in [5.74, 6) is -2.56. The molecular weight excluding hydrogens is 202 g/mol. The Hall–Kier alpha value is -0.260. The minimum absolute atomic E-state index is 0.0707. The molecule has 0 radical (unpaired) electrons. The molecule has 1 atom stereocenters. The second kappa shape index (κ2) is 5.18. The number of aliphatic hydroxyl groups is 1. The van der Waals surface area contributed by atoms with Crippen LogP contribution < -0.4 is 5.32 Å². The van der Waals surface area contributed by atoms with E-state index in [4.69, 9.17) is 5.11 Å². The van der Waals surface area contributed by atoms with Gasteiger partial charge in [-0.05, 0) is 13.8 Å². The molecule has 1 aliphatic heterocycles. The summed E-state index contributed by atoms with van der Waals surface area (Å²) in [7, 11) is 0. The van der Waals surface area contributed by atoms with Crippen molar-refractivity contribution < 1.29 is 13.9 Å². The van der Waals surface area contributed by atoms with Crippen LogP contribution in [-0.4, -0.2) is 54.3 Å². The first-order valence-electron chi connectivity index (χ1n) is 5.41. The van der Waals surface area contributed by atoms with E-state index >= 15 is 0 Å². The molecule has 1 unspecified atom stereocenters. The van der Waals surface area contributed by atoms with Crippen LogP contribution in [0.25, 0.3) is 0 Å². The van der Waals surface area contributed by atoms with Crippen molar-refractivity contribution in [1.29, 1.82) is 0 Å². The van der Waals surface area contributed by atoms with Gasteiger partial charge in [-0.1, -0.05) is 0 Å². The van der Waals surface area contributed by atoms with E-state index in [1.807, 2.05) is 18.7 Å². The lowest BCUT2D eigenvalue weighted by Crippen LogP contribution is -2.42. The van der Waals surface area contributed by atoms with Crippen LogP contribution in [0, 0.1) is 0 Å². The first-order chi connectivity index (χ1) is 6.94. The molecule has 0 aromatic heterocycles. The molecule has 0 bridgehead atoms. The molecule has 0 aromatic rings. The quantitative estimate of drug-likeness (QED) is 0.718. The fourth-order valence-electron chi connectivity index (χ4n) is 1.90. The van der Waals surface area contributed by atoms with E-state index in [0.29, 0.717) is 13.1 Å². The van der Waals surface area contributed by atoms with Gasteiger partial charge in [-0.3, -0.25) is 4.90 Å². The molecular formula is C10H20F2N2O. The van der Waals surface area contributed by atoms with Gasteiger partial charge in [0.05, 0.1) is 13.2 Å². The lowest BCUT2D eigenvalue weighted by molar-refractivity contribution is 0.0193. The largest absolute Gasteiger partial charge is 0.395 e. The van der Waals surface area contributed by atoms with Crippen molar-refractivity contribution in [3.8, 4) is 0 Å². The van der Waals surface area contributed by atoms with E-state index in [0.717, 1.165) is 0 Å². The van der Waals surface area contributed by atoms with Crippen molar-refractivity contribution >= 4 is 0 Å². The van der Waals surface area contributed by atoms with E-state index in [2.05, 4.69) is 5.32 Å². The SMILES string of the molecule is CC(C)N(CCO)CC1CC(F)(F)CN1. The lowest BCUT2D eigenvalue weighted by atomic mass is 10.1. The van der Waals surface area contributed by atoms with Gasteiger partial charge in [-0.25, -0.2) is 8.78 Å². The second-order valence-corrected chi connectivity index (χ2v) is 4.45. The third-order valence-corrected chi connectivity index (χ3v) is 2.77. The number of nitrogens with one attached hydrogen (secondary N) is 1. The minimum Gasteiger partial charge on any atom is -0.395 e. The van der Waals surface area contributed by atoms with Gasteiger partial charge in [0.15, 0.2) is 0 Å². The molecule has 1 heterocycles. The van der Waals surface area contributed by atoms with Crippen molar-refractivity contribution in [2.24, 2.45) is 0 Å². The molecule has 0 aliphatic carbocycles. The summed E-state index contributed by atoms with van der Waals surface area (Å²) in [6.45, 7) is 4.98. The predicted molar refractivity (Wildman–Crippen MR) is 55.1 cm³/mol. The number of hydrogen-bond donors (Lipinski definition) is 2. The normalized spacial score (nSPS) is 25.4. The molecule has 90 valence electrons. The maximum Gasteiger partial charge on any atom is 0.261 e. The molecule has 0 spiro atoms. The molecule has 15 heavy (non-hydrogen) atoms. The van der Waals surface area contributed by atoms with Crippen molar-refractivity contribution in [3.05, 3.63) is 0 Å². The average Bonchev–Trinajstić information content (AvgIpc) is 2.44. The highest BCUT2D eigenvalue weighted by Crippen LogP contribution is 2.25. The highest BCUT2D eigenvalue weighted by molar-refractivity contribution is 4.89. The Bertz CT molecular complexity index is 200. The molecule has 3 nitrogen and oxygen atoms in total. The molecule has 0 amide bonds. The fourth-order valence-corrected chi connectivity index (χ4v) is 1.90. The van der Waals surface area contributed by atoms with Crippen LogP contribution in [0.5, 0.6) is 0 Å². The summed E-state index contributed by atoms with van der Waals surface area (Å²) in [6.07, 6.45) is -0.0956. The topological polar surface area (TPSA) is 35.5 Å². The Balaban J connectivity index is 2.39. The van der Waals surface area contributed by atoms with Gasteiger partial charge in [0.1, 0.15) is 0 Å². The maximum atomic E-state index is 12.9. The zero-order chi connectivity index (χ0) is 11.5. The van der Waals surface area contributed by atoms with Crippen LogP contribution in [0.3, 0.4) is 0 Å². The smallest absolute Gasteiger partial charge is 0.261 e. The van der Waals surface area contributed by atoms with Crippen LogP contribution in [-0.2, 0) is 0 Å². The monoisotopic (exact) mass is 222 g/mol. The maximum absolute atomic E-state index is 12.9. The first kappa shape index (κ1) is 12.8. The third-order valence-electron chi connectivity index (χ3n) is 2.77. The van der Waals surface area contributed by atoms with Crippen molar-refractivity contribution in [3.63, 3.8) is 0 Å². The Labute approximate surface area is 89.5 Å². The molecule has 1 saturated heterocycles. The average molecular weight is 222 g/mol. The van der Waals surface area contributed by atoms with Gasteiger partial charge < -0.3 is 10.4 Å². The number of halogens is 2. The van der Waals surface area contributed by atoms with Crippen LogP contribution in [0.2, 0.25) is 0 Å². The van der Waals surface area contributed by atoms with Crippen molar-refractivity contribution in [2.75, 3.05) is 26.2 Å². The van der Waals surface area contributed by atoms with Gasteiger partial charge in [-0.2, -0.15) is 0 Å². The number of hydrogen-bond acceptors (Lipinski definition) is 3. The highest BCUT2D eigenvalue weighted by Gasteiger charge is 2.39. The zero-order valence-electron chi connectivity index (χ0n) is 9.34. The Morgan fingerprint density at radius 1 is 1.53 bits per heavy atom. The van der Waals surface area contributed by atoms with Crippen LogP contribution in [0.4, 0.5) is 8.78 Å². The summed E-state index contributed by atoms with van der Waals surface area (Å²) in [4.78, 5) is 2.01. The fraction of sp³-hybridized carbons (Fsp3) is 1.00. The molecule has 0 saturated carbocycles. The molecule has 1 aliphatic rings. The minimum atomic E-state index is -2.56. The van der Waals surface area contributed by atoms with E-state index in [-0.39, 0.29) is 31.7 Å². The lowest BCUT2D eigenvalue weighted by Gasteiger charge is -2.28. The Kier molecular flexibility index (Phi) is 4.43. The molecule has 0 aromatic carbocycles. The first-order valence-corrected chi connectivity index (χ1v) is 5.41. The third kappa shape index (κ3) is 4.01. The van der Waals surface area contributed by atoms with E-state index in [9.17, 15) is 8.78 Å². The summed E-state index contributed by atoms with van der Waals surface area (Å²) < 4.78 is 25.8. The van der Waals surface area contributed by atoms with Gasteiger partial charge in [-0.15, -0.1) is 0 Å². The summed E-state index contributed by atoms with van der Waals surface area (Å²) in [5.41, 5.74) is 0. The van der Waals surface area contributed by atoms with Gasteiger partial charge in [0.2, 0.25) is 0 Å². The van der Waals surface area contributed by atoms with Crippen LogP contribution >= 0.6 is 0 Å². The van der Waals surface area contributed by atoms with Gasteiger partial charge in [0.25, 0.3) is 5.92 Å². The van der Waals surface area contributed by atoms with E-state index in [1.165, 1.54) is 0 Å². The molecule has 2 N–H and O–H groups in total. The van der Waals surface area contributed by atoms with E-state index < -0.39 is 5.92 Å². The van der Waals surface area contributed by atoms with E-state index in [1.54, 1.807) is 0 Å². The zero-order valence-corrected chi connectivity index (χ0v) is 9.34. The van der Waals surface area contributed by atoms with Crippen molar-refractivity contribution in [2.45, 2.75) is 38.3 Å². The standard InChI is InChI=1S/C10H20F2N2O/c1-8(2)14(3-4-15)6-9-5-10(11,12)7-13-9/h8-9,13,15H,3-7H2,1-2H3. The van der Waals surface area contributed by atoms with Gasteiger partial charge >= 0.3 is 0 Å². The Morgan fingerprint density at radius 2 is 2.20 bits per heavy atom. The number of nitrogens with zero attached hydrogens (tertiary/aromatic N) is 1. The van der Waals surface area contributed by atoms with Crippen LogP contribution in [0.15, 0.2) is 0 Å². The summed E-state index contributed by atoms with van der Waals surface area (Å²) in [5, 5.41) is 11.7. The number of aliphatic hydroxyl groups excluding tert-OH is 1. The number of alkyl halides is 2. The molecule has 5 heteroatoms. The predicted octanol–water partition coefficient (Wildman–Crippen LogP) is 0.686.